The summed E-state index contributed by atoms with van der Waals surface area (Å²) in [6.45, 7) is 0. The second kappa shape index (κ2) is 8.15. The van der Waals surface area contributed by atoms with Crippen LogP contribution in [-0.2, 0) is 0 Å². The molecule has 0 atom stereocenters. The van der Waals surface area contributed by atoms with Crippen LogP contribution in [0.1, 0.15) is 0 Å². The van der Waals surface area contributed by atoms with Crippen LogP contribution in [0.15, 0.2) is 134 Å². The number of benzene rings is 4. The summed E-state index contributed by atoms with van der Waals surface area (Å²) in [6, 6.07) is 39.0. The van der Waals surface area contributed by atoms with E-state index in [0.717, 1.165) is 11.4 Å². The number of pyridine rings is 2. The van der Waals surface area contributed by atoms with Crippen molar-refractivity contribution in [3.05, 3.63) is 134 Å². The van der Waals surface area contributed by atoms with Gasteiger partial charge in [-0.15, -0.1) is 0 Å². The average molecular weight is 487 g/mol. The molecule has 0 amide bonds. The zero-order chi connectivity index (χ0) is 25.1. The minimum Gasteiger partial charge on any atom is -0.308 e. The quantitative estimate of drug-likeness (QED) is 0.252. The van der Waals surface area contributed by atoms with Gasteiger partial charge in [0.15, 0.2) is 0 Å². The Balaban J connectivity index is 1.38. The van der Waals surface area contributed by atoms with E-state index in [2.05, 4.69) is 116 Å². The fraction of sp³-hybridized carbons (Fsp3) is 0. The molecule has 0 spiro atoms. The van der Waals surface area contributed by atoms with Crippen molar-refractivity contribution in [1.82, 2.24) is 19.1 Å². The lowest BCUT2D eigenvalue weighted by Gasteiger charge is -2.09. The van der Waals surface area contributed by atoms with Crippen molar-refractivity contribution in [3.8, 4) is 22.5 Å². The van der Waals surface area contributed by atoms with E-state index in [1.807, 2.05) is 36.9 Å². The predicted octanol–water partition coefficient (Wildman–Crippen LogP) is 8.34. The highest BCUT2D eigenvalue weighted by atomic mass is 15.0. The van der Waals surface area contributed by atoms with Crippen molar-refractivity contribution in [1.29, 1.82) is 0 Å². The number of hydrogen-bond donors (Lipinski definition) is 0. The molecule has 0 saturated heterocycles. The summed E-state index contributed by atoms with van der Waals surface area (Å²) >= 11 is 0. The van der Waals surface area contributed by atoms with E-state index in [1.54, 1.807) is 0 Å². The lowest BCUT2D eigenvalue weighted by Crippen LogP contribution is -1.94. The van der Waals surface area contributed by atoms with Gasteiger partial charge in [0.1, 0.15) is 0 Å². The number of rotatable bonds is 3. The monoisotopic (exact) mass is 486 g/mol. The largest absolute Gasteiger partial charge is 0.308 e. The Bertz CT molecular complexity index is 2120. The van der Waals surface area contributed by atoms with E-state index < -0.39 is 0 Å². The maximum Gasteiger partial charge on any atom is 0.0645 e. The van der Waals surface area contributed by atoms with Gasteiger partial charge in [0.2, 0.25) is 0 Å². The Hall–Kier alpha value is -5.22. The summed E-state index contributed by atoms with van der Waals surface area (Å²) in [7, 11) is 0. The molecule has 0 saturated carbocycles. The molecule has 0 radical (unpaired) electrons. The molecule has 0 bridgehead atoms. The zero-order valence-corrected chi connectivity index (χ0v) is 20.5. The number of para-hydroxylation sites is 2. The van der Waals surface area contributed by atoms with Crippen LogP contribution in [0.25, 0.3) is 66.1 Å². The molecule has 0 N–H and O–H groups in total. The minimum atomic E-state index is 1.06. The maximum atomic E-state index is 4.40. The van der Waals surface area contributed by atoms with Crippen molar-refractivity contribution in [2.24, 2.45) is 0 Å². The first kappa shape index (κ1) is 20.9. The van der Waals surface area contributed by atoms with Gasteiger partial charge in [-0.05, 0) is 65.7 Å². The van der Waals surface area contributed by atoms with E-state index in [9.17, 15) is 0 Å². The standard InChI is InChI=1S/C34H22N4/c1-3-11-31-27(9-1)29-15-13-24(20-34(29)38(31)26-8-6-18-36-22-26)23-14-16-33-30(19-23)28-10-2-4-12-32(28)37(33)25-7-5-17-35-21-25/h1-22H. The predicted molar refractivity (Wildman–Crippen MR) is 156 cm³/mol. The molecule has 178 valence electrons. The normalized spacial score (nSPS) is 11.7. The Morgan fingerprint density at radius 3 is 1.58 bits per heavy atom. The van der Waals surface area contributed by atoms with Crippen LogP contribution in [0.3, 0.4) is 0 Å². The molecule has 0 aliphatic rings. The minimum absolute atomic E-state index is 1.06. The maximum absolute atomic E-state index is 4.40. The van der Waals surface area contributed by atoms with Gasteiger partial charge >= 0.3 is 0 Å². The smallest absolute Gasteiger partial charge is 0.0645 e. The zero-order valence-electron chi connectivity index (χ0n) is 20.5. The molecule has 8 rings (SSSR count). The third-order valence-electron chi connectivity index (χ3n) is 7.49. The van der Waals surface area contributed by atoms with Gasteiger partial charge in [-0.1, -0.05) is 54.6 Å². The summed E-state index contributed by atoms with van der Waals surface area (Å²) in [5.41, 5.74) is 9.22. The molecule has 0 unspecified atom stereocenters. The molecular weight excluding hydrogens is 464 g/mol. The lowest BCUT2D eigenvalue weighted by molar-refractivity contribution is 1.14. The van der Waals surface area contributed by atoms with E-state index in [1.165, 1.54) is 54.7 Å². The molecular formula is C34H22N4. The Morgan fingerprint density at radius 2 is 0.921 bits per heavy atom. The fourth-order valence-electron chi connectivity index (χ4n) is 5.83. The summed E-state index contributed by atoms with van der Waals surface area (Å²) in [6.07, 6.45) is 7.49. The van der Waals surface area contributed by atoms with Crippen LogP contribution in [-0.4, -0.2) is 19.1 Å². The highest BCUT2D eigenvalue weighted by Crippen LogP contribution is 2.37. The molecule has 8 aromatic rings. The first-order valence-corrected chi connectivity index (χ1v) is 12.7. The third kappa shape index (κ3) is 3.04. The molecule has 0 fully saturated rings. The van der Waals surface area contributed by atoms with Crippen molar-refractivity contribution >= 4 is 43.6 Å². The van der Waals surface area contributed by atoms with Gasteiger partial charge in [0.05, 0.1) is 45.8 Å². The van der Waals surface area contributed by atoms with E-state index in [0.29, 0.717) is 0 Å². The molecule has 4 aromatic carbocycles. The van der Waals surface area contributed by atoms with Crippen molar-refractivity contribution in [2.75, 3.05) is 0 Å². The topological polar surface area (TPSA) is 35.6 Å². The first-order chi connectivity index (χ1) is 18.9. The molecule has 4 heterocycles. The summed E-state index contributed by atoms with van der Waals surface area (Å²) in [5, 5.41) is 4.95. The van der Waals surface area contributed by atoms with Crippen LogP contribution in [0.4, 0.5) is 0 Å². The van der Waals surface area contributed by atoms with Gasteiger partial charge in [-0.2, -0.15) is 0 Å². The second-order valence-electron chi connectivity index (χ2n) is 9.59. The van der Waals surface area contributed by atoms with Crippen LogP contribution in [0.2, 0.25) is 0 Å². The SMILES string of the molecule is c1cncc(-n2c3ccccc3c3cc(-c4ccc5c6ccccc6n(-c6cccnc6)c5c4)ccc32)c1. The van der Waals surface area contributed by atoms with Crippen LogP contribution in [0.5, 0.6) is 0 Å². The molecule has 4 heteroatoms. The molecule has 4 aromatic heterocycles. The van der Waals surface area contributed by atoms with E-state index in [4.69, 9.17) is 0 Å². The van der Waals surface area contributed by atoms with Gasteiger partial charge in [0.25, 0.3) is 0 Å². The Kier molecular flexibility index (Phi) is 4.49. The van der Waals surface area contributed by atoms with Crippen LogP contribution >= 0.6 is 0 Å². The highest BCUT2D eigenvalue weighted by Gasteiger charge is 2.15. The molecule has 0 aliphatic carbocycles. The lowest BCUT2D eigenvalue weighted by atomic mass is 10.0. The van der Waals surface area contributed by atoms with Crippen molar-refractivity contribution in [2.45, 2.75) is 0 Å². The first-order valence-electron chi connectivity index (χ1n) is 12.7. The average Bonchev–Trinajstić information content (AvgIpc) is 3.50. The Morgan fingerprint density at radius 1 is 0.395 bits per heavy atom. The van der Waals surface area contributed by atoms with Crippen LogP contribution in [0, 0.1) is 0 Å². The molecule has 4 nitrogen and oxygen atoms in total. The number of aromatic nitrogens is 4. The summed E-state index contributed by atoms with van der Waals surface area (Å²) in [5.74, 6) is 0. The fourth-order valence-corrected chi connectivity index (χ4v) is 5.83. The van der Waals surface area contributed by atoms with Crippen molar-refractivity contribution in [3.63, 3.8) is 0 Å². The number of hydrogen-bond acceptors (Lipinski definition) is 2. The van der Waals surface area contributed by atoms with Gasteiger partial charge in [-0.25, -0.2) is 0 Å². The highest BCUT2D eigenvalue weighted by molar-refractivity contribution is 6.12. The summed E-state index contributed by atoms with van der Waals surface area (Å²) < 4.78 is 4.61. The Labute approximate surface area is 219 Å². The number of nitrogens with zero attached hydrogens (tertiary/aromatic N) is 4. The number of fused-ring (bicyclic) bond motifs is 6. The third-order valence-corrected chi connectivity index (χ3v) is 7.49. The second-order valence-corrected chi connectivity index (χ2v) is 9.59. The van der Waals surface area contributed by atoms with Gasteiger partial charge < -0.3 is 9.13 Å². The van der Waals surface area contributed by atoms with E-state index >= 15 is 0 Å². The van der Waals surface area contributed by atoms with Gasteiger partial charge in [0, 0.05) is 33.9 Å². The molecule has 0 aliphatic heterocycles. The van der Waals surface area contributed by atoms with Crippen LogP contribution < -0.4 is 0 Å². The molecule has 38 heavy (non-hydrogen) atoms. The van der Waals surface area contributed by atoms with Gasteiger partial charge in [-0.3, -0.25) is 9.97 Å². The van der Waals surface area contributed by atoms with E-state index in [-0.39, 0.29) is 0 Å². The van der Waals surface area contributed by atoms with Crippen molar-refractivity contribution < 1.29 is 0 Å². The summed E-state index contributed by atoms with van der Waals surface area (Å²) in [4.78, 5) is 8.77.